The molecule has 3 nitrogen and oxygen atoms in total. The van der Waals surface area contributed by atoms with E-state index in [1.54, 1.807) is 31.3 Å². The third-order valence-electron chi connectivity index (χ3n) is 2.64. The van der Waals surface area contributed by atoms with E-state index >= 15 is 0 Å². The number of rotatable bonds is 0. The Morgan fingerprint density at radius 3 is 2.75 bits per heavy atom. The number of carbonyl (C=O) groups is 1. The van der Waals surface area contributed by atoms with Crippen LogP contribution in [0.25, 0.3) is 0 Å². The largest absolute Gasteiger partial charge is 0.369 e. The fourth-order valence-corrected chi connectivity index (χ4v) is 1.62. The predicted octanol–water partition coefficient (Wildman–Crippen LogP) is 0.431. The highest BCUT2D eigenvalue weighted by atomic mass is 16.3. The van der Waals surface area contributed by atoms with Gasteiger partial charge in [-0.05, 0) is 18.2 Å². The molecule has 1 atom stereocenters. The molecule has 1 aromatic rings. The van der Waals surface area contributed by atoms with Gasteiger partial charge in [0.15, 0.2) is 0 Å². The summed E-state index contributed by atoms with van der Waals surface area (Å²) in [6.45, 7) is 0.548. The van der Waals surface area contributed by atoms with Crippen molar-refractivity contribution in [3.05, 3.63) is 35.9 Å². The van der Waals surface area contributed by atoms with Crippen molar-refractivity contribution in [3.8, 4) is 11.8 Å². The summed E-state index contributed by atoms with van der Waals surface area (Å²) in [5.41, 5.74) is -0.733. The Bertz CT molecular complexity index is 458. The third kappa shape index (κ3) is 1.93. The van der Waals surface area contributed by atoms with Gasteiger partial charge in [0.1, 0.15) is 0 Å². The second-order valence-corrected chi connectivity index (χ2v) is 3.88. The zero-order valence-corrected chi connectivity index (χ0v) is 9.03. The van der Waals surface area contributed by atoms with Crippen molar-refractivity contribution in [2.45, 2.75) is 12.0 Å². The standard InChI is InChI=1S/C13H12NO2/c1-14-10-9-13(16,12(14)15)8-7-11-5-3-2-4-6-11/h3-6,16H,9-10H2,1H3/t13-/m0/s1. The number of nitrogens with zero attached hydrogens (tertiary/aromatic N) is 1. The van der Waals surface area contributed by atoms with E-state index in [0.29, 0.717) is 13.0 Å². The Kier molecular flexibility index (Phi) is 2.67. The first-order valence-electron chi connectivity index (χ1n) is 5.09. The molecule has 16 heavy (non-hydrogen) atoms. The molecule has 1 heterocycles. The molecule has 1 N–H and O–H groups in total. The molecule has 81 valence electrons. The predicted molar refractivity (Wildman–Crippen MR) is 59.4 cm³/mol. The third-order valence-corrected chi connectivity index (χ3v) is 2.64. The van der Waals surface area contributed by atoms with Gasteiger partial charge in [0.2, 0.25) is 5.60 Å². The normalized spacial score (nSPS) is 24.1. The summed E-state index contributed by atoms with van der Waals surface area (Å²) < 4.78 is 0. The van der Waals surface area contributed by atoms with Crippen LogP contribution >= 0.6 is 0 Å². The molecule has 0 spiro atoms. The first-order valence-corrected chi connectivity index (χ1v) is 5.09. The molecule has 0 bridgehead atoms. The van der Waals surface area contributed by atoms with Gasteiger partial charge in [-0.1, -0.05) is 24.0 Å². The number of likely N-dealkylation sites (N-methyl/N-ethyl adjacent to an activating group) is 1. The fourth-order valence-electron chi connectivity index (χ4n) is 1.62. The summed E-state index contributed by atoms with van der Waals surface area (Å²) >= 11 is 0. The number of hydrogen-bond donors (Lipinski definition) is 1. The van der Waals surface area contributed by atoms with E-state index in [1.165, 1.54) is 4.90 Å². The summed E-state index contributed by atoms with van der Waals surface area (Å²) in [4.78, 5) is 13.1. The lowest BCUT2D eigenvalue weighted by Gasteiger charge is -2.13. The topological polar surface area (TPSA) is 40.5 Å². The molecule has 1 saturated heterocycles. The molecule has 1 aliphatic rings. The van der Waals surface area contributed by atoms with E-state index in [0.717, 1.165) is 5.56 Å². The van der Waals surface area contributed by atoms with Crippen molar-refractivity contribution in [1.29, 1.82) is 0 Å². The van der Waals surface area contributed by atoms with E-state index < -0.39 is 5.60 Å². The van der Waals surface area contributed by atoms with E-state index in [-0.39, 0.29) is 5.91 Å². The van der Waals surface area contributed by atoms with E-state index in [1.807, 2.05) is 0 Å². The number of benzene rings is 1. The minimum absolute atomic E-state index is 0.317. The second-order valence-electron chi connectivity index (χ2n) is 3.88. The van der Waals surface area contributed by atoms with Crippen LogP contribution in [0.15, 0.2) is 24.3 Å². The number of aliphatic hydroxyl groups is 1. The fraction of sp³-hybridized carbons (Fsp3) is 0.308. The van der Waals surface area contributed by atoms with Crippen molar-refractivity contribution in [2.75, 3.05) is 13.6 Å². The van der Waals surface area contributed by atoms with Gasteiger partial charge in [0.05, 0.1) is 0 Å². The van der Waals surface area contributed by atoms with E-state index in [2.05, 4.69) is 17.9 Å². The van der Waals surface area contributed by atoms with Gasteiger partial charge in [0, 0.05) is 25.6 Å². The van der Waals surface area contributed by atoms with Crippen molar-refractivity contribution < 1.29 is 9.90 Å². The SMILES string of the molecule is CN1CC[C@@](O)(C#Cc2cc[c]cc2)C1=O. The molecule has 2 rings (SSSR count). The van der Waals surface area contributed by atoms with Crippen LogP contribution in [-0.2, 0) is 4.79 Å². The van der Waals surface area contributed by atoms with Crippen LogP contribution in [0, 0.1) is 17.9 Å². The molecular weight excluding hydrogens is 202 g/mol. The zero-order valence-electron chi connectivity index (χ0n) is 9.03. The number of amides is 1. The average molecular weight is 214 g/mol. The molecule has 0 aliphatic carbocycles. The molecule has 1 radical (unpaired) electrons. The van der Waals surface area contributed by atoms with Crippen molar-refractivity contribution >= 4 is 5.91 Å². The molecule has 0 aromatic heterocycles. The molecular formula is C13H12NO2. The highest BCUT2D eigenvalue weighted by Crippen LogP contribution is 2.20. The Morgan fingerprint density at radius 2 is 2.19 bits per heavy atom. The smallest absolute Gasteiger partial charge is 0.267 e. The second kappa shape index (κ2) is 3.99. The summed E-state index contributed by atoms with van der Waals surface area (Å²) in [5, 5.41) is 10.0. The van der Waals surface area contributed by atoms with Gasteiger partial charge in [-0.15, -0.1) is 0 Å². The lowest BCUT2D eigenvalue weighted by molar-refractivity contribution is -0.137. The number of hydrogen-bond acceptors (Lipinski definition) is 2. The van der Waals surface area contributed by atoms with Crippen molar-refractivity contribution in [2.24, 2.45) is 0 Å². The maximum Gasteiger partial charge on any atom is 0.267 e. The van der Waals surface area contributed by atoms with Crippen LogP contribution in [-0.4, -0.2) is 35.1 Å². The molecule has 1 fully saturated rings. The van der Waals surface area contributed by atoms with Crippen LogP contribution in [0.3, 0.4) is 0 Å². The Morgan fingerprint density at radius 1 is 1.50 bits per heavy atom. The van der Waals surface area contributed by atoms with Gasteiger partial charge < -0.3 is 10.0 Å². The quantitative estimate of drug-likeness (QED) is 0.636. The maximum atomic E-state index is 11.6. The van der Waals surface area contributed by atoms with Gasteiger partial charge in [-0.25, -0.2) is 0 Å². The first-order chi connectivity index (χ1) is 7.62. The Labute approximate surface area is 94.7 Å². The molecule has 1 amide bonds. The van der Waals surface area contributed by atoms with Gasteiger partial charge in [0.25, 0.3) is 5.91 Å². The Balaban J connectivity index is 2.23. The highest BCUT2D eigenvalue weighted by Gasteiger charge is 2.42. The lowest BCUT2D eigenvalue weighted by atomic mass is 10.0. The lowest BCUT2D eigenvalue weighted by Crippen LogP contribution is -2.37. The van der Waals surface area contributed by atoms with E-state index in [4.69, 9.17) is 0 Å². The van der Waals surface area contributed by atoms with E-state index in [9.17, 15) is 9.90 Å². The summed E-state index contributed by atoms with van der Waals surface area (Å²) in [5.74, 6) is 5.15. The van der Waals surface area contributed by atoms with Crippen LogP contribution in [0.1, 0.15) is 12.0 Å². The minimum atomic E-state index is -1.51. The maximum absolute atomic E-state index is 11.6. The average Bonchev–Trinajstić information content (AvgIpc) is 2.57. The van der Waals surface area contributed by atoms with Gasteiger partial charge >= 0.3 is 0 Å². The highest BCUT2D eigenvalue weighted by molar-refractivity contribution is 5.90. The van der Waals surface area contributed by atoms with Crippen LogP contribution in [0.5, 0.6) is 0 Å². The van der Waals surface area contributed by atoms with Crippen LogP contribution in [0.4, 0.5) is 0 Å². The summed E-state index contributed by atoms with van der Waals surface area (Å²) in [6, 6.07) is 9.96. The number of carbonyl (C=O) groups excluding carboxylic acids is 1. The molecule has 3 heteroatoms. The van der Waals surface area contributed by atoms with Crippen molar-refractivity contribution in [1.82, 2.24) is 4.90 Å². The monoisotopic (exact) mass is 214 g/mol. The number of likely N-dealkylation sites (tertiary alicyclic amines) is 1. The molecule has 0 saturated carbocycles. The van der Waals surface area contributed by atoms with Gasteiger partial charge in [-0.2, -0.15) is 0 Å². The van der Waals surface area contributed by atoms with Gasteiger partial charge in [-0.3, -0.25) is 4.79 Å². The molecule has 1 aliphatic heterocycles. The molecule has 0 unspecified atom stereocenters. The summed E-state index contributed by atoms with van der Waals surface area (Å²) in [7, 11) is 1.67. The van der Waals surface area contributed by atoms with Crippen LogP contribution in [0.2, 0.25) is 0 Å². The zero-order chi connectivity index (χ0) is 11.6. The Hall–Kier alpha value is -1.79. The van der Waals surface area contributed by atoms with Crippen LogP contribution < -0.4 is 0 Å². The van der Waals surface area contributed by atoms with Crippen molar-refractivity contribution in [3.63, 3.8) is 0 Å². The molecule has 1 aromatic carbocycles. The minimum Gasteiger partial charge on any atom is -0.369 e. The first kappa shape index (κ1) is 10.7. The summed E-state index contributed by atoms with van der Waals surface area (Å²) in [6.07, 6.45) is 0.369.